The van der Waals surface area contributed by atoms with E-state index >= 15 is 0 Å². The number of hydrogen-bond acceptors (Lipinski definition) is 3. The van der Waals surface area contributed by atoms with Gasteiger partial charge in [0.15, 0.2) is 0 Å². The average Bonchev–Trinajstić information content (AvgIpc) is 2.33. The third kappa shape index (κ3) is 6.52. The molecule has 0 bridgehead atoms. The molecule has 0 saturated carbocycles. The lowest BCUT2D eigenvalue weighted by Gasteiger charge is -2.23. The monoisotopic (exact) mass is 329 g/mol. The van der Waals surface area contributed by atoms with Crippen molar-refractivity contribution in [3.05, 3.63) is 34.3 Å². The van der Waals surface area contributed by atoms with Crippen molar-refractivity contribution in [1.82, 2.24) is 5.32 Å². The van der Waals surface area contributed by atoms with Gasteiger partial charge in [0.25, 0.3) is 0 Å². The van der Waals surface area contributed by atoms with Crippen LogP contribution in [-0.2, 0) is 4.74 Å². The molecule has 0 aromatic heterocycles. The second-order valence-corrected chi connectivity index (χ2v) is 6.58. The Hall–Kier alpha value is -0.420. The molecule has 0 fully saturated rings. The largest absolute Gasteiger partial charge is 0.389 e. The van der Waals surface area contributed by atoms with Gasteiger partial charge in [0.05, 0.1) is 18.3 Å². The summed E-state index contributed by atoms with van der Waals surface area (Å²) in [5.41, 5.74) is 0.973. The van der Waals surface area contributed by atoms with Crippen LogP contribution < -0.4 is 5.32 Å². The minimum absolute atomic E-state index is 0.180. The summed E-state index contributed by atoms with van der Waals surface area (Å²) in [4.78, 5) is 0. The van der Waals surface area contributed by atoms with Crippen LogP contribution in [0.4, 0.5) is 0 Å². The van der Waals surface area contributed by atoms with Gasteiger partial charge in [0, 0.05) is 17.1 Å². The maximum absolute atomic E-state index is 9.88. The number of halogens is 1. The Morgan fingerprint density at radius 3 is 2.53 bits per heavy atom. The first-order valence-corrected chi connectivity index (χ1v) is 7.39. The van der Waals surface area contributed by atoms with Gasteiger partial charge < -0.3 is 15.2 Å². The van der Waals surface area contributed by atoms with E-state index in [0.29, 0.717) is 13.2 Å². The van der Waals surface area contributed by atoms with Gasteiger partial charge in [-0.3, -0.25) is 0 Å². The van der Waals surface area contributed by atoms with Crippen LogP contribution in [-0.4, -0.2) is 30.0 Å². The molecule has 1 rings (SSSR count). The number of hydrogen-bond donors (Lipinski definition) is 2. The van der Waals surface area contributed by atoms with Crippen LogP contribution in [0, 0.1) is 0 Å². The molecule has 0 spiro atoms. The first kappa shape index (κ1) is 16.6. The van der Waals surface area contributed by atoms with Crippen molar-refractivity contribution in [3.8, 4) is 0 Å². The van der Waals surface area contributed by atoms with Gasteiger partial charge in [-0.25, -0.2) is 0 Å². The Morgan fingerprint density at radius 2 is 1.95 bits per heavy atom. The molecule has 0 saturated heterocycles. The zero-order valence-electron chi connectivity index (χ0n) is 12.1. The van der Waals surface area contributed by atoms with Crippen molar-refractivity contribution < 1.29 is 9.84 Å². The zero-order valence-corrected chi connectivity index (χ0v) is 13.7. The predicted molar refractivity (Wildman–Crippen MR) is 82.3 cm³/mol. The van der Waals surface area contributed by atoms with Crippen molar-refractivity contribution in [1.29, 1.82) is 0 Å². The van der Waals surface area contributed by atoms with Gasteiger partial charge in [-0.1, -0.05) is 34.1 Å². The summed E-state index contributed by atoms with van der Waals surface area (Å²) in [6.45, 7) is 8.89. The number of rotatable bonds is 6. The Kier molecular flexibility index (Phi) is 6.47. The van der Waals surface area contributed by atoms with Crippen LogP contribution in [0.2, 0.25) is 0 Å². The quantitative estimate of drug-likeness (QED) is 0.841. The van der Waals surface area contributed by atoms with Crippen LogP contribution in [0.25, 0.3) is 0 Å². The molecule has 0 aliphatic rings. The fourth-order valence-corrected chi connectivity index (χ4v) is 2.28. The number of aliphatic hydroxyl groups is 1. The highest BCUT2D eigenvalue weighted by Gasteiger charge is 2.15. The smallest absolute Gasteiger partial charge is 0.0898 e. The molecule has 2 atom stereocenters. The van der Waals surface area contributed by atoms with E-state index < -0.39 is 6.10 Å². The highest BCUT2D eigenvalue weighted by Crippen LogP contribution is 2.22. The van der Waals surface area contributed by atoms with Crippen molar-refractivity contribution >= 4 is 15.9 Å². The molecule has 1 unspecified atom stereocenters. The molecule has 3 nitrogen and oxygen atoms in total. The molecule has 108 valence electrons. The summed E-state index contributed by atoms with van der Waals surface area (Å²) < 4.78 is 6.63. The lowest BCUT2D eigenvalue weighted by Crippen LogP contribution is -2.34. The molecular weight excluding hydrogens is 306 g/mol. The summed E-state index contributed by atoms with van der Waals surface area (Å²) in [6, 6.07) is 8.27. The van der Waals surface area contributed by atoms with Gasteiger partial charge >= 0.3 is 0 Å². The third-order valence-electron chi connectivity index (χ3n) is 2.74. The predicted octanol–water partition coefficient (Wildman–Crippen LogP) is 3.28. The van der Waals surface area contributed by atoms with Gasteiger partial charge in [-0.2, -0.15) is 0 Å². The Balaban J connectivity index is 2.38. The molecule has 2 N–H and O–H groups in total. The summed E-state index contributed by atoms with van der Waals surface area (Å²) >= 11 is 3.53. The van der Waals surface area contributed by atoms with Crippen LogP contribution in [0.1, 0.15) is 39.3 Å². The van der Waals surface area contributed by atoms with Gasteiger partial charge in [-0.05, 0) is 39.3 Å². The van der Waals surface area contributed by atoms with Gasteiger partial charge in [0.2, 0.25) is 0 Å². The summed E-state index contributed by atoms with van der Waals surface area (Å²) in [5.74, 6) is 0. The van der Waals surface area contributed by atoms with Gasteiger partial charge in [0.1, 0.15) is 0 Å². The van der Waals surface area contributed by atoms with E-state index in [4.69, 9.17) is 4.74 Å². The van der Waals surface area contributed by atoms with E-state index in [1.165, 1.54) is 5.56 Å². The summed E-state index contributed by atoms with van der Waals surface area (Å²) in [6.07, 6.45) is -0.496. The van der Waals surface area contributed by atoms with E-state index in [2.05, 4.69) is 34.2 Å². The maximum Gasteiger partial charge on any atom is 0.0898 e. The van der Waals surface area contributed by atoms with Gasteiger partial charge in [-0.15, -0.1) is 0 Å². The lowest BCUT2D eigenvalue weighted by molar-refractivity contribution is -0.0482. The van der Waals surface area contributed by atoms with E-state index in [9.17, 15) is 5.11 Å². The number of ether oxygens (including phenoxy) is 1. The molecule has 0 amide bonds. The fraction of sp³-hybridized carbons (Fsp3) is 0.600. The van der Waals surface area contributed by atoms with Crippen molar-refractivity contribution in [2.75, 3.05) is 13.2 Å². The Labute approximate surface area is 124 Å². The third-order valence-corrected chi connectivity index (χ3v) is 3.46. The molecule has 1 aromatic carbocycles. The molecule has 1 aromatic rings. The summed E-state index contributed by atoms with van der Waals surface area (Å²) in [5, 5.41) is 13.2. The van der Waals surface area contributed by atoms with Crippen LogP contribution >= 0.6 is 15.9 Å². The molecule has 4 heteroatoms. The van der Waals surface area contributed by atoms with E-state index in [1.54, 1.807) is 0 Å². The molecule has 0 radical (unpaired) electrons. The van der Waals surface area contributed by atoms with E-state index in [0.717, 1.165) is 4.47 Å². The van der Waals surface area contributed by atoms with Crippen molar-refractivity contribution in [2.45, 2.75) is 45.4 Å². The first-order valence-electron chi connectivity index (χ1n) is 6.59. The van der Waals surface area contributed by atoms with Crippen molar-refractivity contribution in [3.63, 3.8) is 0 Å². The lowest BCUT2D eigenvalue weighted by atomic mass is 10.1. The van der Waals surface area contributed by atoms with Crippen LogP contribution in [0.3, 0.4) is 0 Å². The number of benzene rings is 1. The molecule has 19 heavy (non-hydrogen) atoms. The normalized spacial score (nSPS) is 15.3. The maximum atomic E-state index is 9.88. The van der Waals surface area contributed by atoms with Crippen LogP contribution in [0.15, 0.2) is 28.7 Å². The standard InChI is InChI=1S/C15H24BrNO2/c1-11(13-7-5-6-8-14(13)16)17-9-12(18)10-19-15(2,3)4/h5-8,11-12,17-18H,9-10H2,1-4H3/t11-,12?/m1/s1. The first-order chi connectivity index (χ1) is 8.79. The van der Waals surface area contributed by atoms with Crippen LogP contribution in [0.5, 0.6) is 0 Å². The minimum atomic E-state index is -0.496. The molecule has 0 aliphatic heterocycles. The molecule has 0 aliphatic carbocycles. The Morgan fingerprint density at radius 1 is 1.32 bits per heavy atom. The SMILES string of the molecule is C[C@@H](NCC(O)COC(C)(C)C)c1ccccc1Br. The zero-order chi connectivity index (χ0) is 14.5. The average molecular weight is 330 g/mol. The highest BCUT2D eigenvalue weighted by molar-refractivity contribution is 9.10. The fourth-order valence-electron chi connectivity index (χ4n) is 1.65. The van der Waals surface area contributed by atoms with E-state index in [-0.39, 0.29) is 11.6 Å². The van der Waals surface area contributed by atoms with Crippen molar-refractivity contribution in [2.24, 2.45) is 0 Å². The molecule has 0 heterocycles. The Bertz CT molecular complexity index is 390. The second-order valence-electron chi connectivity index (χ2n) is 5.73. The topological polar surface area (TPSA) is 41.5 Å². The number of nitrogens with one attached hydrogen (secondary N) is 1. The second kappa shape index (κ2) is 7.39. The number of aliphatic hydroxyl groups excluding tert-OH is 1. The minimum Gasteiger partial charge on any atom is -0.389 e. The van der Waals surface area contributed by atoms with E-state index in [1.807, 2.05) is 39.0 Å². The highest BCUT2D eigenvalue weighted by atomic mass is 79.9. The molecular formula is C15H24BrNO2. The summed E-state index contributed by atoms with van der Waals surface area (Å²) in [7, 11) is 0.